The van der Waals surface area contributed by atoms with Gasteiger partial charge in [0.1, 0.15) is 0 Å². The molecule has 0 bridgehead atoms. The maximum absolute atomic E-state index is 2.72. The van der Waals surface area contributed by atoms with Gasteiger partial charge in [0, 0.05) is 6.54 Å². The van der Waals surface area contributed by atoms with Gasteiger partial charge in [-0.25, -0.2) is 0 Å². The van der Waals surface area contributed by atoms with Gasteiger partial charge in [-0.3, -0.25) is 0 Å². The summed E-state index contributed by atoms with van der Waals surface area (Å²) in [5.41, 5.74) is 2.94. The van der Waals surface area contributed by atoms with Crippen molar-refractivity contribution in [2.75, 3.05) is 19.6 Å². The van der Waals surface area contributed by atoms with Crippen LogP contribution in [0.4, 0.5) is 0 Å². The first-order chi connectivity index (χ1) is 9.31. The second kappa shape index (κ2) is 6.09. The molecule has 0 radical (unpaired) electrons. The Bertz CT molecular complexity index is 381. The van der Waals surface area contributed by atoms with Crippen LogP contribution in [0, 0.1) is 12.8 Å². The number of rotatable bonds is 3. The van der Waals surface area contributed by atoms with Gasteiger partial charge in [0.2, 0.25) is 0 Å². The Labute approximate surface area is 118 Å². The Morgan fingerprint density at radius 3 is 2.21 bits per heavy atom. The standard InChI is InChI=1S/C18H27N/c1-15-6-8-17(9-7-15)18-10-12-19(13-11-18)14-16-4-2-3-5-16/h6-9,16,18H,2-5,10-14H2,1H3. The highest BCUT2D eigenvalue weighted by Gasteiger charge is 2.23. The van der Waals surface area contributed by atoms with E-state index in [1.165, 1.54) is 63.7 Å². The predicted octanol–water partition coefficient (Wildman–Crippen LogP) is 4.36. The third-order valence-corrected chi connectivity index (χ3v) is 5.13. The van der Waals surface area contributed by atoms with Crippen molar-refractivity contribution in [3.05, 3.63) is 35.4 Å². The molecule has 0 unspecified atom stereocenters. The fourth-order valence-electron chi connectivity index (χ4n) is 3.85. The molecule has 1 heterocycles. The fourth-order valence-corrected chi connectivity index (χ4v) is 3.85. The first kappa shape index (κ1) is 13.2. The van der Waals surface area contributed by atoms with Crippen molar-refractivity contribution < 1.29 is 0 Å². The van der Waals surface area contributed by atoms with E-state index in [-0.39, 0.29) is 0 Å². The van der Waals surface area contributed by atoms with E-state index in [1.54, 1.807) is 5.56 Å². The molecule has 2 fully saturated rings. The lowest BCUT2D eigenvalue weighted by atomic mass is 9.88. The van der Waals surface area contributed by atoms with E-state index in [9.17, 15) is 0 Å². The molecule has 19 heavy (non-hydrogen) atoms. The highest BCUT2D eigenvalue weighted by Crippen LogP contribution is 2.31. The third kappa shape index (κ3) is 3.39. The first-order valence-corrected chi connectivity index (χ1v) is 8.10. The van der Waals surface area contributed by atoms with Crippen LogP contribution >= 0.6 is 0 Å². The molecule has 1 aromatic carbocycles. The van der Waals surface area contributed by atoms with Crippen LogP contribution in [0.5, 0.6) is 0 Å². The van der Waals surface area contributed by atoms with E-state index < -0.39 is 0 Å². The number of likely N-dealkylation sites (tertiary alicyclic amines) is 1. The fraction of sp³-hybridized carbons (Fsp3) is 0.667. The number of piperidine rings is 1. The topological polar surface area (TPSA) is 3.24 Å². The van der Waals surface area contributed by atoms with E-state index >= 15 is 0 Å². The van der Waals surface area contributed by atoms with Gasteiger partial charge in [-0.15, -0.1) is 0 Å². The van der Waals surface area contributed by atoms with Crippen LogP contribution in [0.15, 0.2) is 24.3 Å². The van der Waals surface area contributed by atoms with Crippen LogP contribution < -0.4 is 0 Å². The minimum Gasteiger partial charge on any atom is -0.303 e. The van der Waals surface area contributed by atoms with Gasteiger partial charge in [-0.2, -0.15) is 0 Å². The summed E-state index contributed by atoms with van der Waals surface area (Å²) in [6, 6.07) is 9.21. The molecule has 2 aliphatic rings. The summed E-state index contributed by atoms with van der Waals surface area (Å²) < 4.78 is 0. The predicted molar refractivity (Wildman–Crippen MR) is 81.6 cm³/mol. The number of nitrogens with zero attached hydrogens (tertiary/aromatic N) is 1. The van der Waals surface area contributed by atoms with Crippen LogP contribution in [0.1, 0.15) is 55.6 Å². The summed E-state index contributed by atoms with van der Waals surface area (Å²) in [6.45, 7) is 6.18. The summed E-state index contributed by atoms with van der Waals surface area (Å²) in [5.74, 6) is 1.82. The van der Waals surface area contributed by atoms with Crippen LogP contribution in [0.3, 0.4) is 0 Å². The molecule has 1 aliphatic heterocycles. The quantitative estimate of drug-likeness (QED) is 0.777. The molecule has 0 aromatic heterocycles. The molecule has 1 aliphatic carbocycles. The van der Waals surface area contributed by atoms with E-state index in [2.05, 4.69) is 36.1 Å². The minimum atomic E-state index is 0.806. The van der Waals surface area contributed by atoms with E-state index in [4.69, 9.17) is 0 Å². The molecule has 1 aromatic rings. The van der Waals surface area contributed by atoms with Crippen molar-refractivity contribution in [1.29, 1.82) is 0 Å². The second-order valence-electron chi connectivity index (χ2n) is 6.64. The summed E-state index contributed by atoms with van der Waals surface area (Å²) in [5, 5.41) is 0. The van der Waals surface area contributed by atoms with Crippen molar-refractivity contribution in [3.63, 3.8) is 0 Å². The summed E-state index contributed by atoms with van der Waals surface area (Å²) in [4.78, 5) is 2.72. The lowest BCUT2D eigenvalue weighted by Crippen LogP contribution is -2.36. The molecule has 0 spiro atoms. The van der Waals surface area contributed by atoms with Gasteiger partial charge in [0.15, 0.2) is 0 Å². The molecule has 3 rings (SSSR count). The van der Waals surface area contributed by atoms with E-state index in [0.717, 1.165) is 11.8 Å². The van der Waals surface area contributed by atoms with Gasteiger partial charge in [0.05, 0.1) is 0 Å². The smallest absolute Gasteiger partial charge is 0.000966 e. The number of aryl methyl sites for hydroxylation is 1. The number of hydrogen-bond acceptors (Lipinski definition) is 1. The Hall–Kier alpha value is -0.820. The Morgan fingerprint density at radius 1 is 0.947 bits per heavy atom. The maximum atomic E-state index is 2.72. The lowest BCUT2D eigenvalue weighted by molar-refractivity contribution is 0.183. The van der Waals surface area contributed by atoms with Crippen molar-refractivity contribution >= 4 is 0 Å². The second-order valence-corrected chi connectivity index (χ2v) is 6.64. The lowest BCUT2D eigenvalue weighted by Gasteiger charge is -2.33. The largest absolute Gasteiger partial charge is 0.303 e. The van der Waals surface area contributed by atoms with Gasteiger partial charge in [-0.05, 0) is 63.1 Å². The van der Waals surface area contributed by atoms with Crippen molar-refractivity contribution in [2.24, 2.45) is 5.92 Å². The highest BCUT2D eigenvalue weighted by molar-refractivity contribution is 5.24. The Kier molecular flexibility index (Phi) is 4.22. The van der Waals surface area contributed by atoms with Crippen LogP contribution in [0.25, 0.3) is 0 Å². The molecule has 1 nitrogen and oxygen atoms in total. The molecule has 1 saturated heterocycles. The highest BCUT2D eigenvalue weighted by atomic mass is 15.1. The van der Waals surface area contributed by atoms with E-state index in [0.29, 0.717) is 0 Å². The molecule has 1 saturated carbocycles. The van der Waals surface area contributed by atoms with E-state index in [1.807, 2.05) is 0 Å². The molecule has 0 amide bonds. The summed E-state index contributed by atoms with van der Waals surface area (Å²) >= 11 is 0. The zero-order valence-electron chi connectivity index (χ0n) is 12.3. The minimum absolute atomic E-state index is 0.806. The van der Waals surface area contributed by atoms with Crippen LogP contribution in [0.2, 0.25) is 0 Å². The summed E-state index contributed by atoms with van der Waals surface area (Å²) in [7, 11) is 0. The normalized spacial score (nSPS) is 23.0. The maximum Gasteiger partial charge on any atom is 0.000966 e. The molecule has 104 valence electrons. The molecule has 1 heteroatoms. The van der Waals surface area contributed by atoms with Crippen molar-refractivity contribution in [1.82, 2.24) is 4.90 Å². The van der Waals surface area contributed by atoms with Crippen molar-refractivity contribution in [2.45, 2.75) is 51.4 Å². The molecular weight excluding hydrogens is 230 g/mol. The number of benzene rings is 1. The average Bonchev–Trinajstić information content (AvgIpc) is 2.94. The molecule has 0 atom stereocenters. The van der Waals surface area contributed by atoms with Crippen LogP contribution in [-0.4, -0.2) is 24.5 Å². The van der Waals surface area contributed by atoms with Gasteiger partial charge in [-0.1, -0.05) is 42.7 Å². The SMILES string of the molecule is Cc1ccc(C2CCN(CC3CCCC3)CC2)cc1. The zero-order chi connectivity index (χ0) is 13.1. The van der Waals surface area contributed by atoms with Gasteiger partial charge in [0.25, 0.3) is 0 Å². The summed E-state index contributed by atoms with van der Waals surface area (Å²) in [6.07, 6.45) is 8.64. The van der Waals surface area contributed by atoms with Crippen molar-refractivity contribution in [3.8, 4) is 0 Å². The Balaban J connectivity index is 1.50. The molecule has 0 N–H and O–H groups in total. The monoisotopic (exact) mass is 257 g/mol. The third-order valence-electron chi connectivity index (χ3n) is 5.13. The van der Waals surface area contributed by atoms with Gasteiger partial charge >= 0.3 is 0 Å². The first-order valence-electron chi connectivity index (χ1n) is 8.10. The molecular formula is C18H27N. The number of hydrogen-bond donors (Lipinski definition) is 0. The zero-order valence-corrected chi connectivity index (χ0v) is 12.3. The average molecular weight is 257 g/mol. The van der Waals surface area contributed by atoms with Gasteiger partial charge < -0.3 is 4.90 Å². The van der Waals surface area contributed by atoms with Crippen LogP contribution in [-0.2, 0) is 0 Å². The Morgan fingerprint density at radius 2 is 1.58 bits per heavy atom.